The number of carbonyl (C=O) groups excluding carboxylic acids is 1. The Morgan fingerprint density at radius 3 is 2.58 bits per heavy atom. The summed E-state index contributed by atoms with van der Waals surface area (Å²) >= 11 is 0. The van der Waals surface area contributed by atoms with Gasteiger partial charge in [-0.1, -0.05) is 18.2 Å². The van der Waals surface area contributed by atoms with Crippen molar-refractivity contribution in [3.8, 4) is 0 Å². The lowest BCUT2D eigenvalue weighted by Gasteiger charge is -2.18. The first kappa shape index (κ1) is 17.8. The number of benzene rings is 1. The number of rotatable bonds is 7. The molecular formula is C18H23FN4O. The van der Waals surface area contributed by atoms with E-state index in [-0.39, 0.29) is 11.7 Å². The Hall–Kier alpha value is -2.50. The average Bonchev–Trinajstić information content (AvgIpc) is 2.57. The lowest BCUT2D eigenvalue weighted by atomic mass is 10.1. The number of halogens is 1. The van der Waals surface area contributed by atoms with Gasteiger partial charge in [0.05, 0.1) is 0 Å². The number of nitrogens with zero attached hydrogens (tertiary/aromatic N) is 3. The van der Waals surface area contributed by atoms with Crippen LogP contribution in [0.2, 0.25) is 0 Å². The zero-order valence-corrected chi connectivity index (χ0v) is 14.3. The summed E-state index contributed by atoms with van der Waals surface area (Å²) in [6.07, 6.45) is 0.537. The van der Waals surface area contributed by atoms with Crippen LogP contribution in [-0.2, 0) is 6.42 Å². The van der Waals surface area contributed by atoms with Gasteiger partial charge in [-0.25, -0.2) is 14.4 Å². The fraction of sp³-hybridized carbons (Fsp3) is 0.389. The average molecular weight is 330 g/mol. The first-order valence-corrected chi connectivity index (χ1v) is 8.17. The number of aromatic nitrogens is 2. The molecule has 0 bridgehead atoms. The fourth-order valence-electron chi connectivity index (χ4n) is 2.47. The predicted molar refractivity (Wildman–Crippen MR) is 92.6 cm³/mol. The second-order valence-corrected chi connectivity index (χ2v) is 5.43. The highest BCUT2D eigenvalue weighted by atomic mass is 19.1. The van der Waals surface area contributed by atoms with Crippen molar-refractivity contribution >= 4 is 11.7 Å². The van der Waals surface area contributed by atoms with Gasteiger partial charge >= 0.3 is 0 Å². The molecule has 5 nitrogen and oxygen atoms in total. The molecule has 1 aromatic carbocycles. The van der Waals surface area contributed by atoms with E-state index in [2.05, 4.69) is 15.3 Å². The normalized spacial score (nSPS) is 10.5. The number of hydrogen-bond donors (Lipinski definition) is 1. The Labute approximate surface area is 141 Å². The van der Waals surface area contributed by atoms with Gasteiger partial charge in [-0.3, -0.25) is 4.79 Å². The van der Waals surface area contributed by atoms with Crippen molar-refractivity contribution in [3.63, 3.8) is 0 Å². The van der Waals surface area contributed by atoms with Crippen LogP contribution in [0.4, 0.5) is 10.2 Å². The molecule has 1 N–H and O–H groups in total. The molecule has 0 fully saturated rings. The summed E-state index contributed by atoms with van der Waals surface area (Å²) in [4.78, 5) is 22.6. The van der Waals surface area contributed by atoms with Crippen molar-refractivity contribution in [1.82, 2.24) is 14.9 Å². The van der Waals surface area contributed by atoms with E-state index < -0.39 is 0 Å². The summed E-state index contributed by atoms with van der Waals surface area (Å²) in [5.41, 5.74) is 1.02. The van der Waals surface area contributed by atoms with Crippen LogP contribution in [0, 0.1) is 12.7 Å². The largest absolute Gasteiger partial charge is 0.370 e. The Bertz CT molecular complexity index is 701. The molecular weight excluding hydrogens is 307 g/mol. The summed E-state index contributed by atoms with van der Waals surface area (Å²) in [5, 5.41) is 3.14. The summed E-state index contributed by atoms with van der Waals surface area (Å²) < 4.78 is 13.6. The monoisotopic (exact) mass is 330 g/mol. The molecule has 1 heterocycles. The van der Waals surface area contributed by atoms with E-state index in [0.717, 1.165) is 0 Å². The Balaban J connectivity index is 2.06. The number of carbonyl (C=O) groups is 1. The second kappa shape index (κ2) is 8.38. The summed E-state index contributed by atoms with van der Waals surface area (Å²) in [5.74, 6) is 0.786. The fourth-order valence-corrected chi connectivity index (χ4v) is 2.47. The molecule has 0 aliphatic heterocycles. The molecule has 1 aromatic heterocycles. The van der Waals surface area contributed by atoms with Crippen molar-refractivity contribution in [3.05, 3.63) is 53.2 Å². The van der Waals surface area contributed by atoms with Gasteiger partial charge in [0, 0.05) is 25.7 Å². The van der Waals surface area contributed by atoms with Gasteiger partial charge in [0.15, 0.2) is 0 Å². The molecule has 1 amide bonds. The molecule has 0 aliphatic rings. The molecule has 0 radical (unpaired) electrons. The van der Waals surface area contributed by atoms with Gasteiger partial charge in [0.2, 0.25) is 0 Å². The molecule has 0 spiro atoms. The molecule has 0 aliphatic carbocycles. The van der Waals surface area contributed by atoms with Crippen LogP contribution in [0.15, 0.2) is 30.3 Å². The number of amides is 1. The highest BCUT2D eigenvalue weighted by Gasteiger charge is 2.15. The van der Waals surface area contributed by atoms with Crippen molar-refractivity contribution in [1.29, 1.82) is 0 Å². The third kappa shape index (κ3) is 4.50. The van der Waals surface area contributed by atoms with Crippen LogP contribution in [-0.4, -0.2) is 40.4 Å². The Morgan fingerprint density at radius 2 is 1.92 bits per heavy atom. The zero-order valence-electron chi connectivity index (χ0n) is 14.3. The SMILES string of the molecule is CCN(CC)C(=O)c1cc(NCCc2ccccc2F)nc(C)n1. The van der Waals surface area contributed by atoms with Gasteiger partial charge in [0.25, 0.3) is 5.91 Å². The van der Waals surface area contributed by atoms with Crippen molar-refractivity contribution in [2.75, 3.05) is 25.0 Å². The maximum atomic E-state index is 13.6. The molecule has 2 rings (SSSR count). The molecule has 2 aromatic rings. The molecule has 128 valence electrons. The third-order valence-electron chi connectivity index (χ3n) is 3.77. The first-order valence-electron chi connectivity index (χ1n) is 8.17. The lowest BCUT2D eigenvalue weighted by Crippen LogP contribution is -2.31. The minimum absolute atomic E-state index is 0.109. The van der Waals surface area contributed by atoms with E-state index in [9.17, 15) is 9.18 Å². The molecule has 0 atom stereocenters. The number of hydrogen-bond acceptors (Lipinski definition) is 4. The van der Waals surface area contributed by atoms with E-state index in [4.69, 9.17) is 0 Å². The van der Waals surface area contributed by atoms with E-state index >= 15 is 0 Å². The molecule has 0 saturated carbocycles. The quantitative estimate of drug-likeness (QED) is 0.848. The minimum Gasteiger partial charge on any atom is -0.370 e. The van der Waals surface area contributed by atoms with Crippen LogP contribution in [0.3, 0.4) is 0 Å². The van der Waals surface area contributed by atoms with Gasteiger partial charge in [-0.05, 0) is 38.8 Å². The van der Waals surface area contributed by atoms with Gasteiger partial charge in [0.1, 0.15) is 23.2 Å². The lowest BCUT2D eigenvalue weighted by molar-refractivity contribution is 0.0766. The summed E-state index contributed by atoms with van der Waals surface area (Å²) in [6, 6.07) is 8.34. The molecule has 0 unspecified atom stereocenters. The predicted octanol–water partition coefficient (Wildman–Crippen LogP) is 3.06. The van der Waals surface area contributed by atoms with Crippen molar-refractivity contribution in [2.24, 2.45) is 0 Å². The second-order valence-electron chi connectivity index (χ2n) is 5.43. The number of aryl methyl sites for hydroxylation is 1. The maximum absolute atomic E-state index is 13.6. The van der Waals surface area contributed by atoms with E-state index in [1.807, 2.05) is 19.9 Å². The minimum atomic E-state index is -0.212. The standard InChI is InChI=1S/C18H23FN4O/c1-4-23(5-2)18(24)16-12-17(22-13(3)21-16)20-11-10-14-8-6-7-9-15(14)19/h6-9,12H,4-5,10-11H2,1-3H3,(H,20,21,22). The topological polar surface area (TPSA) is 58.1 Å². The molecule has 6 heteroatoms. The molecule has 24 heavy (non-hydrogen) atoms. The van der Waals surface area contributed by atoms with Gasteiger partial charge < -0.3 is 10.2 Å². The highest BCUT2D eigenvalue weighted by molar-refractivity contribution is 5.93. The van der Waals surface area contributed by atoms with Crippen molar-refractivity contribution in [2.45, 2.75) is 27.2 Å². The first-order chi connectivity index (χ1) is 11.5. The zero-order chi connectivity index (χ0) is 17.5. The Morgan fingerprint density at radius 1 is 1.21 bits per heavy atom. The van der Waals surface area contributed by atoms with E-state index in [1.54, 1.807) is 30.0 Å². The maximum Gasteiger partial charge on any atom is 0.272 e. The van der Waals surface area contributed by atoms with Crippen LogP contribution in [0.25, 0.3) is 0 Å². The van der Waals surface area contributed by atoms with Crippen LogP contribution < -0.4 is 5.32 Å². The smallest absolute Gasteiger partial charge is 0.272 e. The number of anilines is 1. The van der Waals surface area contributed by atoms with E-state index in [1.165, 1.54) is 6.07 Å². The Kier molecular flexibility index (Phi) is 6.23. The third-order valence-corrected chi connectivity index (χ3v) is 3.77. The van der Waals surface area contributed by atoms with E-state index in [0.29, 0.717) is 49.0 Å². The van der Waals surface area contributed by atoms with Gasteiger partial charge in [-0.15, -0.1) is 0 Å². The van der Waals surface area contributed by atoms with Crippen LogP contribution in [0.5, 0.6) is 0 Å². The van der Waals surface area contributed by atoms with Crippen LogP contribution >= 0.6 is 0 Å². The van der Waals surface area contributed by atoms with Crippen molar-refractivity contribution < 1.29 is 9.18 Å². The highest BCUT2D eigenvalue weighted by Crippen LogP contribution is 2.11. The molecule has 0 saturated heterocycles. The van der Waals surface area contributed by atoms with Gasteiger partial charge in [-0.2, -0.15) is 0 Å². The summed E-state index contributed by atoms with van der Waals surface area (Å²) in [6.45, 7) is 7.41. The number of nitrogens with one attached hydrogen (secondary N) is 1. The van der Waals surface area contributed by atoms with Crippen LogP contribution in [0.1, 0.15) is 35.7 Å². The summed E-state index contributed by atoms with van der Waals surface area (Å²) in [7, 11) is 0.